The normalized spacial score (nSPS) is 31.7. The van der Waals surface area contributed by atoms with Gasteiger partial charge in [-0.3, -0.25) is 43.3 Å². The monoisotopic (exact) mass is 976 g/mol. The van der Waals surface area contributed by atoms with Crippen LogP contribution in [0.5, 0.6) is 0 Å². The number of allylic oxidation sites excluding steroid dienone is 1. The number of carbonyl (C=O) groups excluding carboxylic acids is 9. The first-order valence-corrected chi connectivity index (χ1v) is 24.7. The predicted molar refractivity (Wildman–Crippen MR) is 252 cm³/mol. The lowest BCUT2D eigenvalue weighted by atomic mass is 9.91. The summed E-state index contributed by atoms with van der Waals surface area (Å²) in [5, 5.41) is 35.3. The molecule has 0 saturated carbocycles. The number of aliphatic imine (C=N–C) groups is 1. The average molecular weight is 976 g/mol. The maximum atomic E-state index is 14.4. The number of thioether (sulfide) groups is 1. The minimum atomic E-state index is -1.96. The fourth-order valence-corrected chi connectivity index (χ4v) is 9.96. The molecule has 4 heterocycles. The summed E-state index contributed by atoms with van der Waals surface area (Å²) in [5.74, 6) is -7.16. The molecule has 380 valence electrons. The van der Waals surface area contributed by atoms with Gasteiger partial charge in [-0.1, -0.05) is 47.6 Å². The third-order valence-electron chi connectivity index (χ3n) is 12.5. The van der Waals surface area contributed by atoms with Gasteiger partial charge in [0.1, 0.15) is 54.6 Å². The molecule has 0 aliphatic carbocycles. The minimum absolute atomic E-state index is 0.0316. The van der Waals surface area contributed by atoms with Crippen molar-refractivity contribution in [1.29, 1.82) is 0 Å². The molecular formula is C46H73N9O12S. The van der Waals surface area contributed by atoms with E-state index >= 15 is 0 Å². The number of aliphatic hydroxyl groups is 2. The first kappa shape index (κ1) is 55.5. The van der Waals surface area contributed by atoms with Crippen LogP contribution in [-0.4, -0.2) is 176 Å². The van der Waals surface area contributed by atoms with Gasteiger partial charge in [0.15, 0.2) is 6.10 Å². The zero-order valence-electron chi connectivity index (χ0n) is 41.2. The van der Waals surface area contributed by atoms with E-state index in [0.29, 0.717) is 24.3 Å². The number of aliphatic hydroxyl groups excluding tert-OH is 2. The number of piperidine rings is 1. The van der Waals surface area contributed by atoms with Gasteiger partial charge in [-0.05, 0) is 84.0 Å². The molecule has 2 fully saturated rings. The molecule has 4 rings (SSSR count). The first-order chi connectivity index (χ1) is 31.9. The number of amides is 8. The van der Waals surface area contributed by atoms with Crippen molar-refractivity contribution in [2.45, 2.75) is 174 Å². The number of carbonyl (C=O) groups is 9. The van der Waals surface area contributed by atoms with Crippen molar-refractivity contribution in [3.8, 4) is 0 Å². The summed E-state index contributed by atoms with van der Waals surface area (Å²) in [5.41, 5.74) is -0.0924. The van der Waals surface area contributed by atoms with E-state index in [4.69, 9.17) is 9.73 Å². The molecule has 7 N–H and O–H groups in total. The lowest BCUT2D eigenvalue weighted by Gasteiger charge is -2.48. The van der Waals surface area contributed by atoms with Gasteiger partial charge < -0.3 is 56.2 Å². The number of hydrogen-bond acceptors (Lipinski definition) is 14. The van der Waals surface area contributed by atoms with E-state index in [0.717, 1.165) is 4.90 Å². The molecule has 21 nitrogen and oxygen atoms in total. The maximum absolute atomic E-state index is 14.4. The number of likely N-dealkylation sites (N-methyl/N-ethyl adjacent to an activating group) is 1. The minimum Gasteiger partial charge on any atom is -0.461 e. The van der Waals surface area contributed by atoms with Crippen molar-refractivity contribution in [1.82, 2.24) is 41.3 Å². The van der Waals surface area contributed by atoms with Gasteiger partial charge in [-0.15, -0.1) is 11.8 Å². The Balaban J connectivity index is 1.70. The van der Waals surface area contributed by atoms with Crippen LogP contribution in [0.25, 0.3) is 0 Å². The van der Waals surface area contributed by atoms with E-state index in [1.165, 1.54) is 43.6 Å². The molecule has 0 radical (unpaired) electrons. The van der Waals surface area contributed by atoms with Gasteiger partial charge >= 0.3 is 5.97 Å². The Hall–Kier alpha value is -5.09. The van der Waals surface area contributed by atoms with Crippen LogP contribution in [-0.2, 0) is 47.9 Å². The standard InChI is InChI=1S/C46H73N9O12S/c1-12-28-43(63)54-16-14-13-15-32(54)40(61)52-35(27(10)56)45(65)53(11)36(24(6)7)46(66)67-20-34(57)41(62)47-26(9)37(58)49-29(17-22(2)3)38(59)50-30(18-23(4)5)44(64)55-25(8)19-33(55)42-51-31(21-68-42)39(60)48-28/h12,22-27,29-36,56-57H,13-21H2,1-11H3,(H,47,62)(H,48,60)(H,49,58)(H,50,59)(H,52,61)/b28-12+/t25-,26+,27?,29-,30-,31+,32+,33+,34+,35+,36+/m1/s1. The van der Waals surface area contributed by atoms with Crippen molar-refractivity contribution in [2.24, 2.45) is 22.7 Å². The number of rotatable bonds is 6. The molecule has 0 spiro atoms. The SMILES string of the molecule is C/C=C1/NC(=O)[C@@H]2CSC(=N2)[C@@H]2C[C@@H](C)N2C(=O)[C@@H](CC(C)C)NC(=O)[C@@H](CC(C)C)NC(=O)[C@H](C)NC(=O)[C@@H](O)COC(=O)[C@H](C(C)C)N(C)C(=O)[C@H](C(C)O)NC(=O)[C@@H]2CCCCN2C1=O. The first-order valence-electron chi connectivity index (χ1n) is 23.7. The molecule has 68 heavy (non-hydrogen) atoms. The molecule has 4 aliphatic heterocycles. The molecule has 1 unspecified atom stereocenters. The highest BCUT2D eigenvalue weighted by Crippen LogP contribution is 2.35. The third kappa shape index (κ3) is 13.8. The van der Waals surface area contributed by atoms with Gasteiger partial charge in [-0.25, -0.2) is 4.79 Å². The molecule has 0 aromatic heterocycles. The fraction of sp³-hybridized carbons (Fsp3) is 0.739. The van der Waals surface area contributed by atoms with E-state index in [1.54, 1.807) is 25.7 Å². The highest BCUT2D eigenvalue weighted by molar-refractivity contribution is 8.14. The molecule has 0 aromatic carbocycles. The van der Waals surface area contributed by atoms with E-state index < -0.39 is 120 Å². The Labute approximate surface area is 403 Å². The molecule has 2 saturated heterocycles. The summed E-state index contributed by atoms with van der Waals surface area (Å²) in [7, 11) is 1.27. The predicted octanol–water partition coefficient (Wildman–Crippen LogP) is -0.276. The van der Waals surface area contributed by atoms with Gasteiger partial charge in [-0.2, -0.15) is 0 Å². The Morgan fingerprint density at radius 2 is 1.43 bits per heavy atom. The molecular weight excluding hydrogens is 903 g/mol. The van der Waals surface area contributed by atoms with Gasteiger partial charge in [0, 0.05) is 25.4 Å². The summed E-state index contributed by atoms with van der Waals surface area (Å²) in [6, 6.07) is -9.02. The molecule has 2 bridgehead atoms. The molecule has 8 amide bonds. The zero-order valence-corrected chi connectivity index (χ0v) is 42.0. The summed E-state index contributed by atoms with van der Waals surface area (Å²) in [6.45, 7) is 16.1. The van der Waals surface area contributed by atoms with Crippen molar-refractivity contribution >= 4 is 70.0 Å². The highest BCUT2D eigenvalue weighted by Gasteiger charge is 2.47. The lowest BCUT2D eigenvalue weighted by molar-refractivity contribution is -0.161. The number of fused-ring (bicyclic) bond motifs is 4. The largest absolute Gasteiger partial charge is 0.461 e. The van der Waals surface area contributed by atoms with Crippen molar-refractivity contribution in [3.05, 3.63) is 11.8 Å². The van der Waals surface area contributed by atoms with Crippen molar-refractivity contribution < 1.29 is 58.1 Å². The Morgan fingerprint density at radius 1 is 0.794 bits per heavy atom. The van der Waals surface area contributed by atoms with Crippen LogP contribution < -0.4 is 26.6 Å². The van der Waals surface area contributed by atoms with Crippen molar-refractivity contribution in [2.75, 3.05) is 26.0 Å². The zero-order chi connectivity index (χ0) is 50.9. The quantitative estimate of drug-likeness (QED) is 0.134. The smallest absolute Gasteiger partial charge is 0.329 e. The summed E-state index contributed by atoms with van der Waals surface area (Å²) >= 11 is 1.32. The number of nitrogens with one attached hydrogen (secondary N) is 5. The van der Waals surface area contributed by atoms with E-state index in [1.807, 2.05) is 34.6 Å². The van der Waals surface area contributed by atoms with E-state index in [2.05, 4.69) is 26.6 Å². The second-order valence-corrected chi connectivity index (χ2v) is 20.5. The van der Waals surface area contributed by atoms with Crippen molar-refractivity contribution in [3.63, 3.8) is 0 Å². The van der Waals surface area contributed by atoms with E-state index in [-0.39, 0.29) is 61.0 Å². The van der Waals surface area contributed by atoms with Gasteiger partial charge in [0.2, 0.25) is 35.4 Å². The average Bonchev–Trinajstić information content (AvgIpc) is 3.76. The van der Waals surface area contributed by atoms with Crippen LogP contribution >= 0.6 is 11.8 Å². The Morgan fingerprint density at radius 3 is 2.01 bits per heavy atom. The van der Waals surface area contributed by atoms with Crippen LogP contribution in [0.2, 0.25) is 0 Å². The second kappa shape index (κ2) is 24.5. The van der Waals surface area contributed by atoms with Gasteiger partial charge in [0.05, 0.1) is 17.2 Å². The van der Waals surface area contributed by atoms with Gasteiger partial charge in [0.25, 0.3) is 11.8 Å². The number of hydrogen-bond donors (Lipinski definition) is 7. The number of nitrogens with zero attached hydrogens (tertiary/aromatic N) is 4. The number of ether oxygens (including phenoxy) is 1. The summed E-state index contributed by atoms with van der Waals surface area (Å²) < 4.78 is 5.31. The molecule has 4 aliphatic rings. The fourth-order valence-electron chi connectivity index (χ4n) is 8.80. The molecule has 0 aromatic rings. The second-order valence-electron chi connectivity index (χ2n) is 19.5. The van der Waals surface area contributed by atoms with Crippen LogP contribution in [0.3, 0.4) is 0 Å². The van der Waals surface area contributed by atoms with Crippen LogP contribution in [0.15, 0.2) is 16.8 Å². The summed E-state index contributed by atoms with van der Waals surface area (Å²) in [6.07, 6.45) is 0.303. The highest BCUT2D eigenvalue weighted by atomic mass is 32.2. The van der Waals surface area contributed by atoms with E-state index in [9.17, 15) is 53.4 Å². The molecule has 22 heteroatoms. The summed E-state index contributed by atoms with van der Waals surface area (Å²) in [4.78, 5) is 133. The molecule has 11 atom stereocenters. The number of cyclic esters (lactones) is 1. The van der Waals surface area contributed by atoms with Crippen LogP contribution in [0, 0.1) is 17.8 Å². The lowest BCUT2D eigenvalue weighted by Crippen LogP contribution is -2.65. The number of esters is 1. The van der Waals surface area contributed by atoms with Crippen LogP contribution in [0.1, 0.15) is 108 Å². The topological polar surface area (TPSA) is 286 Å². The third-order valence-corrected chi connectivity index (χ3v) is 13.7. The van der Waals surface area contributed by atoms with Crippen LogP contribution in [0.4, 0.5) is 0 Å². The maximum Gasteiger partial charge on any atom is 0.329 e. The Bertz CT molecular complexity index is 1980. The Kier molecular flexibility index (Phi) is 20.0.